The van der Waals surface area contributed by atoms with Crippen molar-refractivity contribution < 1.29 is 14.3 Å². The van der Waals surface area contributed by atoms with Crippen molar-refractivity contribution in [2.75, 3.05) is 12.4 Å². The molecule has 1 aliphatic carbocycles. The molecule has 26 heavy (non-hydrogen) atoms. The van der Waals surface area contributed by atoms with Gasteiger partial charge in [0.1, 0.15) is 11.4 Å². The minimum atomic E-state index is -0.526. The second-order valence-electron chi connectivity index (χ2n) is 6.97. The van der Waals surface area contributed by atoms with Gasteiger partial charge in [0.2, 0.25) is 5.91 Å². The number of thioether (sulfide) groups is 1. The Morgan fingerprint density at radius 2 is 1.96 bits per heavy atom. The normalized spacial score (nSPS) is 23.8. The minimum Gasteiger partial charge on any atom is -0.464 e. The zero-order valence-corrected chi connectivity index (χ0v) is 16.7. The van der Waals surface area contributed by atoms with Crippen LogP contribution in [0, 0.1) is 5.92 Å². The van der Waals surface area contributed by atoms with Gasteiger partial charge in [0.15, 0.2) is 0 Å². The topological polar surface area (TPSA) is 46.6 Å². The van der Waals surface area contributed by atoms with Crippen LogP contribution in [0.1, 0.15) is 56.4 Å². The van der Waals surface area contributed by atoms with Crippen LogP contribution in [0.15, 0.2) is 24.3 Å². The van der Waals surface area contributed by atoms with E-state index in [4.69, 9.17) is 16.3 Å². The molecule has 2 atom stereocenters. The fourth-order valence-corrected chi connectivity index (χ4v) is 5.49. The van der Waals surface area contributed by atoms with E-state index in [0.717, 1.165) is 37.7 Å². The molecule has 0 N–H and O–H groups in total. The predicted octanol–water partition coefficient (Wildman–Crippen LogP) is 4.82. The molecule has 0 aromatic heterocycles. The van der Waals surface area contributed by atoms with Crippen molar-refractivity contribution in [2.45, 2.75) is 56.9 Å². The van der Waals surface area contributed by atoms with Gasteiger partial charge in [0.05, 0.1) is 6.61 Å². The molecule has 1 saturated carbocycles. The van der Waals surface area contributed by atoms with E-state index in [1.54, 1.807) is 16.7 Å². The second kappa shape index (κ2) is 9.14. The van der Waals surface area contributed by atoms with E-state index < -0.39 is 6.04 Å². The molecule has 1 aliphatic heterocycles. The maximum Gasteiger partial charge on any atom is 0.329 e. The number of carbonyl (C=O) groups is 2. The Morgan fingerprint density at radius 3 is 2.65 bits per heavy atom. The fraction of sp³-hybridized carbons (Fsp3) is 0.600. The Labute approximate surface area is 164 Å². The molecule has 1 heterocycles. The number of hydrogen-bond donors (Lipinski definition) is 0. The zero-order valence-electron chi connectivity index (χ0n) is 15.2. The van der Waals surface area contributed by atoms with Crippen LogP contribution in [-0.2, 0) is 14.3 Å². The molecule has 2 unspecified atom stereocenters. The smallest absolute Gasteiger partial charge is 0.329 e. The molecule has 142 valence electrons. The highest BCUT2D eigenvalue weighted by Gasteiger charge is 2.45. The molecule has 2 fully saturated rings. The molecule has 1 aromatic rings. The number of ether oxygens (including phenoxy) is 1. The summed E-state index contributed by atoms with van der Waals surface area (Å²) in [5, 5.41) is 0.409. The highest BCUT2D eigenvalue weighted by molar-refractivity contribution is 7.99. The van der Waals surface area contributed by atoms with Crippen molar-refractivity contribution in [1.29, 1.82) is 0 Å². The first-order valence-corrected chi connectivity index (χ1v) is 10.9. The number of benzene rings is 1. The third kappa shape index (κ3) is 4.20. The Hall–Kier alpha value is -1.20. The number of halogens is 1. The van der Waals surface area contributed by atoms with E-state index in [2.05, 4.69) is 0 Å². The first-order valence-electron chi connectivity index (χ1n) is 9.48. The number of hydrogen-bond acceptors (Lipinski definition) is 4. The largest absolute Gasteiger partial charge is 0.464 e. The summed E-state index contributed by atoms with van der Waals surface area (Å²) in [6.45, 7) is 2.36. The summed E-state index contributed by atoms with van der Waals surface area (Å²) in [5.74, 6) is 0.349. The van der Waals surface area contributed by atoms with E-state index >= 15 is 0 Å². The lowest BCUT2D eigenvalue weighted by molar-refractivity contribution is -0.156. The zero-order chi connectivity index (χ0) is 18.5. The number of nitrogens with zero attached hydrogens (tertiary/aromatic N) is 1. The molecule has 3 rings (SSSR count). The van der Waals surface area contributed by atoms with Gasteiger partial charge in [0, 0.05) is 22.3 Å². The Morgan fingerprint density at radius 1 is 1.23 bits per heavy atom. The van der Waals surface area contributed by atoms with E-state index in [-0.39, 0.29) is 23.2 Å². The van der Waals surface area contributed by atoms with Crippen molar-refractivity contribution in [1.82, 2.24) is 4.90 Å². The second-order valence-corrected chi connectivity index (χ2v) is 8.49. The molecule has 2 aliphatic rings. The molecule has 0 bridgehead atoms. The van der Waals surface area contributed by atoms with Crippen LogP contribution in [0.3, 0.4) is 0 Å². The van der Waals surface area contributed by atoms with Crippen LogP contribution in [0.4, 0.5) is 0 Å². The monoisotopic (exact) mass is 395 g/mol. The van der Waals surface area contributed by atoms with Crippen LogP contribution >= 0.6 is 23.4 Å². The van der Waals surface area contributed by atoms with Gasteiger partial charge < -0.3 is 9.64 Å². The molecule has 1 amide bonds. The number of esters is 1. The van der Waals surface area contributed by atoms with Crippen LogP contribution in [0.5, 0.6) is 0 Å². The van der Waals surface area contributed by atoms with Gasteiger partial charge in [-0.25, -0.2) is 4.79 Å². The van der Waals surface area contributed by atoms with Gasteiger partial charge >= 0.3 is 5.97 Å². The highest BCUT2D eigenvalue weighted by atomic mass is 35.5. The third-order valence-electron chi connectivity index (χ3n) is 5.10. The summed E-state index contributed by atoms with van der Waals surface area (Å²) in [5.41, 5.74) is 0.897. The summed E-state index contributed by atoms with van der Waals surface area (Å²) in [4.78, 5) is 27.7. The predicted molar refractivity (Wildman–Crippen MR) is 105 cm³/mol. The quantitative estimate of drug-likeness (QED) is 0.671. The molecule has 1 aromatic carbocycles. The minimum absolute atomic E-state index is 0.00825. The number of carbonyl (C=O) groups excluding carboxylic acids is 2. The van der Waals surface area contributed by atoms with Gasteiger partial charge in [-0.2, -0.15) is 0 Å². The summed E-state index contributed by atoms with van der Waals surface area (Å²) in [6.07, 6.45) is 5.95. The molecule has 1 saturated heterocycles. The molecule has 4 nitrogen and oxygen atoms in total. The van der Waals surface area contributed by atoms with E-state index in [1.165, 1.54) is 6.42 Å². The maximum absolute atomic E-state index is 13.3. The molecular weight excluding hydrogens is 370 g/mol. The van der Waals surface area contributed by atoms with E-state index in [9.17, 15) is 9.59 Å². The van der Waals surface area contributed by atoms with E-state index in [0.29, 0.717) is 17.4 Å². The summed E-state index contributed by atoms with van der Waals surface area (Å²) in [6, 6.07) is 7.06. The lowest BCUT2D eigenvalue weighted by Gasteiger charge is -2.33. The average Bonchev–Trinajstić information content (AvgIpc) is 3.11. The highest BCUT2D eigenvalue weighted by Crippen LogP contribution is 2.45. The first-order chi connectivity index (χ1) is 12.6. The Balaban J connectivity index is 1.87. The van der Waals surface area contributed by atoms with Crippen LogP contribution in [0.2, 0.25) is 5.02 Å². The van der Waals surface area contributed by atoms with Crippen LogP contribution < -0.4 is 0 Å². The third-order valence-corrected chi connectivity index (χ3v) is 6.75. The van der Waals surface area contributed by atoms with Crippen molar-refractivity contribution in [3.8, 4) is 0 Å². The summed E-state index contributed by atoms with van der Waals surface area (Å²) < 4.78 is 5.38. The lowest BCUT2D eigenvalue weighted by atomic mass is 9.88. The standard InChI is InChI=1S/C20H26ClNO3S/c1-2-12-25-20(24)17-13-26-19(15-10-6-7-11-16(15)21)22(17)18(23)14-8-4-3-5-9-14/h6-7,10-11,14,17,19H,2-5,8-9,12-13H2,1H3. The SMILES string of the molecule is CCCOC(=O)C1CSC(c2ccccc2Cl)N1C(=O)C1CCCCC1. The van der Waals surface area contributed by atoms with Gasteiger partial charge in [-0.1, -0.05) is 56.0 Å². The molecule has 0 spiro atoms. The van der Waals surface area contributed by atoms with E-state index in [1.807, 2.05) is 31.2 Å². The van der Waals surface area contributed by atoms with Gasteiger partial charge in [-0.15, -0.1) is 11.8 Å². The first kappa shape index (κ1) is 19.6. The molecule has 0 radical (unpaired) electrons. The number of amides is 1. The van der Waals surface area contributed by atoms with Gasteiger partial charge in [-0.05, 0) is 25.3 Å². The lowest BCUT2D eigenvalue weighted by Crippen LogP contribution is -2.46. The van der Waals surface area contributed by atoms with Gasteiger partial charge in [-0.3, -0.25) is 4.79 Å². The van der Waals surface area contributed by atoms with Crippen molar-refractivity contribution in [3.63, 3.8) is 0 Å². The summed E-state index contributed by atoms with van der Waals surface area (Å²) >= 11 is 8.00. The van der Waals surface area contributed by atoms with Crippen LogP contribution in [0.25, 0.3) is 0 Å². The maximum atomic E-state index is 13.3. The number of rotatable bonds is 5. The van der Waals surface area contributed by atoms with Gasteiger partial charge in [0.25, 0.3) is 0 Å². The average molecular weight is 396 g/mol. The molecule has 6 heteroatoms. The Bertz CT molecular complexity index is 648. The fourth-order valence-electron chi connectivity index (χ4n) is 3.73. The van der Waals surface area contributed by atoms with Crippen molar-refractivity contribution >= 4 is 35.2 Å². The Kier molecular flexibility index (Phi) is 6.87. The van der Waals surface area contributed by atoms with Crippen LogP contribution in [-0.4, -0.2) is 35.2 Å². The van der Waals surface area contributed by atoms with Crippen molar-refractivity contribution in [2.24, 2.45) is 5.92 Å². The van der Waals surface area contributed by atoms with Crippen molar-refractivity contribution in [3.05, 3.63) is 34.9 Å². The molecular formula is C20H26ClNO3S. The summed E-state index contributed by atoms with van der Waals surface area (Å²) in [7, 11) is 0.